The van der Waals surface area contributed by atoms with Crippen LogP contribution in [0.4, 0.5) is 0 Å². The molecule has 1 aliphatic carbocycles. The van der Waals surface area contributed by atoms with Crippen molar-refractivity contribution in [1.29, 1.82) is 0 Å². The standard InChI is InChI=1S/C18H24N2O2/c1-13-7-6-8-15(11-13)17(21)20-18(22,12-14(2)19-20)16-9-4-3-5-10-16/h6-8,11,16,22H,3-5,9-10,12H2,1-2H3/t18-/m0/s1. The first-order valence-corrected chi connectivity index (χ1v) is 8.18. The molecule has 1 fully saturated rings. The number of hydrogen-bond donors (Lipinski definition) is 1. The number of amides is 1. The van der Waals surface area contributed by atoms with E-state index in [0.717, 1.165) is 37.0 Å². The maximum Gasteiger partial charge on any atom is 0.276 e. The van der Waals surface area contributed by atoms with Crippen LogP contribution >= 0.6 is 0 Å². The van der Waals surface area contributed by atoms with Crippen molar-refractivity contribution in [2.45, 2.75) is 58.1 Å². The second-order valence-corrected chi connectivity index (χ2v) is 6.71. The molecule has 1 atom stereocenters. The van der Waals surface area contributed by atoms with Crippen LogP contribution in [0.3, 0.4) is 0 Å². The van der Waals surface area contributed by atoms with Gasteiger partial charge in [0.2, 0.25) is 0 Å². The molecule has 1 N–H and O–H groups in total. The zero-order valence-electron chi connectivity index (χ0n) is 13.4. The maximum absolute atomic E-state index is 12.9. The van der Waals surface area contributed by atoms with E-state index in [2.05, 4.69) is 5.10 Å². The van der Waals surface area contributed by atoms with E-state index in [-0.39, 0.29) is 11.8 Å². The summed E-state index contributed by atoms with van der Waals surface area (Å²) in [6.07, 6.45) is 5.87. The van der Waals surface area contributed by atoms with Crippen molar-refractivity contribution in [2.75, 3.05) is 0 Å². The molecule has 0 radical (unpaired) electrons. The fourth-order valence-corrected chi connectivity index (χ4v) is 3.75. The highest BCUT2D eigenvalue weighted by atomic mass is 16.3. The lowest BCUT2D eigenvalue weighted by atomic mass is 9.79. The Morgan fingerprint density at radius 1 is 1.27 bits per heavy atom. The van der Waals surface area contributed by atoms with Crippen LogP contribution < -0.4 is 0 Å². The molecular formula is C18H24N2O2. The molecule has 3 rings (SSSR count). The number of benzene rings is 1. The summed E-state index contributed by atoms with van der Waals surface area (Å²) in [4.78, 5) is 12.9. The van der Waals surface area contributed by atoms with Crippen LogP contribution in [-0.2, 0) is 0 Å². The Morgan fingerprint density at radius 3 is 2.68 bits per heavy atom. The Labute approximate surface area is 131 Å². The largest absolute Gasteiger partial charge is 0.368 e. The lowest BCUT2D eigenvalue weighted by molar-refractivity contribution is -0.122. The van der Waals surface area contributed by atoms with E-state index in [0.29, 0.717) is 12.0 Å². The first-order chi connectivity index (χ1) is 10.5. The lowest BCUT2D eigenvalue weighted by Crippen LogP contribution is -2.52. The molecule has 1 aromatic rings. The summed E-state index contributed by atoms with van der Waals surface area (Å²) in [5.74, 6) is -0.0789. The van der Waals surface area contributed by atoms with Crippen molar-refractivity contribution in [2.24, 2.45) is 11.0 Å². The molecule has 1 heterocycles. The van der Waals surface area contributed by atoms with Crippen LogP contribution in [-0.4, -0.2) is 27.5 Å². The molecule has 0 saturated heterocycles. The van der Waals surface area contributed by atoms with E-state index in [4.69, 9.17) is 0 Å². The molecule has 118 valence electrons. The van der Waals surface area contributed by atoms with Crippen molar-refractivity contribution in [3.63, 3.8) is 0 Å². The molecule has 0 unspecified atom stereocenters. The Kier molecular flexibility index (Phi) is 4.04. The van der Waals surface area contributed by atoms with Crippen LogP contribution in [0.25, 0.3) is 0 Å². The van der Waals surface area contributed by atoms with Gasteiger partial charge in [0.15, 0.2) is 5.72 Å². The maximum atomic E-state index is 12.9. The van der Waals surface area contributed by atoms with Crippen LogP contribution in [0.2, 0.25) is 0 Å². The molecule has 4 nitrogen and oxygen atoms in total. The minimum absolute atomic E-state index is 0.121. The summed E-state index contributed by atoms with van der Waals surface area (Å²) in [7, 11) is 0. The average molecular weight is 300 g/mol. The van der Waals surface area contributed by atoms with E-state index in [1.54, 1.807) is 6.07 Å². The number of rotatable bonds is 2. The monoisotopic (exact) mass is 300 g/mol. The molecule has 22 heavy (non-hydrogen) atoms. The van der Waals surface area contributed by atoms with Crippen LogP contribution in [0.5, 0.6) is 0 Å². The molecule has 4 heteroatoms. The minimum atomic E-state index is -1.15. The third kappa shape index (κ3) is 2.68. The van der Waals surface area contributed by atoms with E-state index >= 15 is 0 Å². The highest BCUT2D eigenvalue weighted by Crippen LogP contribution is 2.41. The Balaban J connectivity index is 1.90. The van der Waals surface area contributed by atoms with E-state index in [1.807, 2.05) is 32.0 Å². The Morgan fingerprint density at radius 2 is 2.00 bits per heavy atom. The number of nitrogens with zero attached hydrogens (tertiary/aromatic N) is 2. The van der Waals surface area contributed by atoms with Crippen LogP contribution in [0.1, 0.15) is 61.4 Å². The number of carbonyl (C=O) groups excluding carboxylic acids is 1. The summed E-state index contributed by atoms with van der Waals surface area (Å²) in [5.41, 5.74) is 1.31. The summed E-state index contributed by atoms with van der Waals surface area (Å²) in [6, 6.07) is 7.48. The summed E-state index contributed by atoms with van der Waals surface area (Å²) in [6.45, 7) is 3.85. The van der Waals surface area contributed by atoms with Crippen LogP contribution in [0.15, 0.2) is 29.4 Å². The molecule has 1 amide bonds. The topological polar surface area (TPSA) is 52.9 Å². The van der Waals surface area contributed by atoms with Crippen molar-refractivity contribution >= 4 is 11.6 Å². The van der Waals surface area contributed by atoms with Gasteiger partial charge in [0, 0.05) is 23.6 Å². The second-order valence-electron chi connectivity index (χ2n) is 6.71. The zero-order valence-corrected chi connectivity index (χ0v) is 13.4. The van der Waals surface area contributed by atoms with Crippen molar-refractivity contribution < 1.29 is 9.90 Å². The Hall–Kier alpha value is -1.68. The van der Waals surface area contributed by atoms with Gasteiger partial charge in [0.25, 0.3) is 5.91 Å². The van der Waals surface area contributed by atoms with Gasteiger partial charge in [-0.3, -0.25) is 4.79 Å². The zero-order chi connectivity index (χ0) is 15.7. The summed E-state index contributed by atoms with van der Waals surface area (Å²) in [5, 5.41) is 17.0. The number of hydrogen-bond acceptors (Lipinski definition) is 3. The second kappa shape index (κ2) is 5.84. The smallest absolute Gasteiger partial charge is 0.276 e. The van der Waals surface area contributed by atoms with Gasteiger partial charge < -0.3 is 5.11 Å². The normalized spacial score (nSPS) is 26.1. The van der Waals surface area contributed by atoms with Gasteiger partial charge >= 0.3 is 0 Å². The number of carbonyl (C=O) groups is 1. The van der Waals surface area contributed by atoms with E-state index in [1.165, 1.54) is 11.4 Å². The highest BCUT2D eigenvalue weighted by molar-refractivity contribution is 5.97. The predicted molar refractivity (Wildman–Crippen MR) is 86.6 cm³/mol. The summed E-state index contributed by atoms with van der Waals surface area (Å²) < 4.78 is 0. The molecule has 2 aliphatic rings. The molecule has 0 bridgehead atoms. The van der Waals surface area contributed by atoms with Gasteiger partial charge in [-0.15, -0.1) is 0 Å². The molecule has 1 aromatic carbocycles. The van der Waals surface area contributed by atoms with Gasteiger partial charge in [0.05, 0.1) is 0 Å². The molecule has 0 spiro atoms. The van der Waals surface area contributed by atoms with E-state index in [9.17, 15) is 9.90 Å². The van der Waals surface area contributed by atoms with Crippen molar-refractivity contribution in [3.8, 4) is 0 Å². The third-order valence-electron chi connectivity index (χ3n) is 4.87. The number of aliphatic hydroxyl groups is 1. The predicted octanol–water partition coefficient (Wildman–Crippen LogP) is 3.49. The van der Waals surface area contributed by atoms with Crippen molar-refractivity contribution in [1.82, 2.24) is 5.01 Å². The number of aryl methyl sites for hydroxylation is 1. The van der Waals surface area contributed by atoms with Gasteiger partial charge in [0.1, 0.15) is 0 Å². The first-order valence-electron chi connectivity index (χ1n) is 8.18. The third-order valence-corrected chi connectivity index (χ3v) is 4.87. The SMILES string of the molecule is CC1=NN(C(=O)c2cccc(C)c2)[C@@](O)(C2CCCCC2)C1. The lowest BCUT2D eigenvalue weighted by Gasteiger charge is -2.40. The van der Waals surface area contributed by atoms with Crippen LogP contribution in [0, 0.1) is 12.8 Å². The Bertz CT molecular complexity index is 605. The van der Waals surface area contributed by atoms with Gasteiger partial charge in [-0.1, -0.05) is 37.0 Å². The summed E-state index contributed by atoms with van der Waals surface area (Å²) >= 11 is 0. The highest BCUT2D eigenvalue weighted by Gasteiger charge is 2.49. The molecule has 0 aromatic heterocycles. The molecule has 1 aliphatic heterocycles. The molecular weight excluding hydrogens is 276 g/mol. The minimum Gasteiger partial charge on any atom is -0.368 e. The van der Waals surface area contributed by atoms with Gasteiger partial charge in [-0.25, -0.2) is 0 Å². The van der Waals surface area contributed by atoms with Gasteiger partial charge in [-0.2, -0.15) is 10.1 Å². The quantitative estimate of drug-likeness (QED) is 0.909. The average Bonchev–Trinajstić information content (AvgIpc) is 2.83. The molecule has 1 saturated carbocycles. The fraction of sp³-hybridized carbons (Fsp3) is 0.556. The number of hydrazone groups is 1. The van der Waals surface area contributed by atoms with E-state index < -0.39 is 5.72 Å². The first kappa shape index (κ1) is 15.2. The van der Waals surface area contributed by atoms with Crippen molar-refractivity contribution in [3.05, 3.63) is 35.4 Å². The fourth-order valence-electron chi connectivity index (χ4n) is 3.75. The van der Waals surface area contributed by atoms with Gasteiger partial charge in [-0.05, 0) is 38.8 Å².